The van der Waals surface area contributed by atoms with Gasteiger partial charge in [-0.15, -0.1) is 0 Å². The lowest BCUT2D eigenvalue weighted by molar-refractivity contribution is 0.808. The van der Waals surface area contributed by atoms with E-state index in [9.17, 15) is 0 Å². The second-order valence-corrected chi connectivity index (χ2v) is 2.60. The highest BCUT2D eigenvalue weighted by molar-refractivity contribution is 5.18. The Morgan fingerprint density at radius 2 is 2.18 bits per heavy atom. The van der Waals surface area contributed by atoms with Crippen molar-refractivity contribution in [3.63, 3.8) is 0 Å². The van der Waals surface area contributed by atoms with Crippen LogP contribution >= 0.6 is 0 Å². The van der Waals surface area contributed by atoms with Crippen molar-refractivity contribution >= 4 is 0 Å². The number of hydrogen-bond acceptors (Lipinski definition) is 3. The van der Waals surface area contributed by atoms with Crippen LogP contribution in [0.25, 0.3) is 0 Å². The number of nitriles is 1. The Morgan fingerprint density at radius 1 is 1.45 bits per heavy atom. The van der Waals surface area contributed by atoms with E-state index in [2.05, 4.69) is 9.97 Å². The van der Waals surface area contributed by atoms with Gasteiger partial charge >= 0.3 is 0 Å². The van der Waals surface area contributed by atoms with Crippen LogP contribution in [0.15, 0.2) is 12.4 Å². The summed E-state index contributed by atoms with van der Waals surface area (Å²) in [5.74, 6) is 0.329. The van der Waals surface area contributed by atoms with Gasteiger partial charge in [-0.3, -0.25) is 4.98 Å². The van der Waals surface area contributed by atoms with Crippen molar-refractivity contribution < 1.29 is 0 Å². The summed E-state index contributed by atoms with van der Waals surface area (Å²) in [7, 11) is 0. The van der Waals surface area contributed by atoms with Crippen molar-refractivity contribution in [3.8, 4) is 6.07 Å². The third-order valence-electron chi connectivity index (χ3n) is 1.36. The highest BCUT2D eigenvalue weighted by Crippen LogP contribution is 2.08. The molecule has 0 aliphatic rings. The lowest BCUT2D eigenvalue weighted by Gasteiger charge is -2.01. The predicted molar refractivity (Wildman–Crippen MR) is 40.8 cm³/mol. The van der Waals surface area contributed by atoms with Crippen molar-refractivity contribution in [2.24, 2.45) is 0 Å². The lowest BCUT2D eigenvalue weighted by atomic mass is 10.1. The molecule has 0 radical (unpaired) electrons. The first-order valence-electron chi connectivity index (χ1n) is 3.46. The Bertz CT molecular complexity index is 286. The molecular formula is C8H9N3. The maximum atomic E-state index is 8.49. The molecule has 0 aliphatic heterocycles. The largest absolute Gasteiger partial charge is 0.260 e. The summed E-state index contributed by atoms with van der Waals surface area (Å²) in [6, 6.07) is 1.95. The number of hydrogen-bond donors (Lipinski definition) is 0. The zero-order valence-electron chi connectivity index (χ0n) is 6.57. The third kappa shape index (κ3) is 1.74. The fourth-order valence-corrected chi connectivity index (χ4v) is 0.713. The third-order valence-corrected chi connectivity index (χ3v) is 1.36. The van der Waals surface area contributed by atoms with Crippen LogP contribution in [0.1, 0.15) is 31.2 Å². The van der Waals surface area contributed by atoms with Gasteiger partial charge in [0.1, 0.15) is 6.07 Å². The molecule has 0 atom stereocenters. The second kappa shape index (κ2) is 3.11. The standard InChI is InChI=1S/C8H9N3/c1-6(2)8-5-10-4-7(3-9)11-8/h4-6H,1-2H3. The van der Waals surface area contributed by atoms with Gasteiger partial charge in [0.2, 0.25) is 0 Å². The molecule has 11 heavy (non-hydrogen) atoms. The molecule has 0 unspecified atom stereocenters. The summed E-state index contributed by atoms with van der Waals surface area (Å²) < 4.78 is 0. The zero-order valence-corrected chi connectivity index (χ0v) is 6.57. The summed E-state index contributed by atoms with van der Waals surface area (Å²) in [5, 5.41) is 8.49. The van der Waals surface area contributed by atoms with Gasteiger partial charge in [0.05, 0.1) is 11.9 Å². The van der Waals surface area contributed by atoms with Crippen molar-refractivity contribution in [1.29, 1.82) is 5.26 Å². The summed E-state index contributed by atoms with van der Waals surface area (Å²) in [6.07, 6.45) is 3.15. The Morgan fingerprint density at radius 3 is 2.73 bits per heavy atom. The maximum absolute atomic E-state index is 8.49. The molecule has 56 valence electrons. The first kappa shape index (κ1) is 7.67. The average molecular weight is 147 g/mol. The molecule has 0 amide bonds. The van der Waals surface area contributed by atoms with Gasteiger partial charge in [-0.1, -0.05) is 13.8 Å². The topological polar surface area (TPSA) is 49.6 Å². The molecule has 0 bridgehead atoms. The summed E-state index contributed by atoms with van der Waals surface area (Å²) in [5.41, 5.74) is 1.25. The van der Waals surface area contributed by atoms with Gasteiger partial charge in [0, 0.05) is 6.20 Å². The van der Waals surface area contributed by atoms with Gasteiger partial charge in [-0.25, -0.2) is 4.98 Å². The quantitative estimate of drug-likeness (QED) is 0.604. The minimum absolute atomic E-state index is 0.329. The van der Waals surface area contributed by atoms with E-state index in [4.69, 9.17) is 5.26 Å². The molecule has 0 aliphatic carbocycles. The molecule has 0 N–H and O–H groups in total. The second-order valence-electron chi connectivity index (χ2n) is 2.60. The smallest absolute Gasteiger partial charge is 0.159 e. The van der Waals surface area contributed by atoms with Crippen LogP contribution in [0.3, 0.4) is 0 Å². The number of aromatic nitrogens is 2. The fourth-order valence-electron chi connectivity index (χ4n) is 0.713. The first-order valence-corrected chi connectivity index (χ1v) is 3.46. The molecule has 0 fully saturated rings. The van der Waals surface area contributed by atoms with Crippen LogP contribution in [-0.2, 0) is 0 Å². The minimum Gasteiger partial charge on any atom is -0.260 e. The monoisotopic (exact) mass is 147 g/mol. The van der Waals surface area contributed by atoms with Crippen LogP contribution in [0.2, 0.25) is 0 Å². The summed E-state index contributed by atoms with van der Waals surface area (Å²) >= 11 is 0. The van der Waals surface area contributed by atoms with E-state index in [-0.39, 0.29) is 0 Å². The molecule has 0 aromatic carbocycles. The van der Waals surface area contributed by atoms with Crippen LogP contribution in [0.4, 0.5) is 0 Å². The number of rotatable bonds is 1. The van der Waals surface area contributed by atoms with E-state index in [0.717, 1.165) is 5.69 Å². The van der Waals surface area contributed by atoms with Crippen LogP contribution in [0.5, 0.6) is 0 Å². The molecule has 3 heteroatoms. The maximum Gasteiger partial charge on any atom is 0.159 e. The van der Waals surface area contributed by atoms with E-state index in [1.807, 2.05) is 19.9 Å². The van der Waals surface area contributed by atoms with Crippen LogP contribution in [0, 0.1) is 11.3 Å². The summed E-state index contributed by atoms with van der Waals surface area (Å²) in [4.78, 5) is 7.96. The first-order chi connectivity index (χ1) is 5.24. The van der Waals surface area contributed by atoms with Crippen LogP contribution < -0.4 is 0 Å². The predicted octanol–water partition coefficient (Wildman–Crippen LogP) is 1.47. The molecule has 0 spiro atoms. The minimum atomic E-state index is 0.329. The molecular weight excluding hydrogens is 138 g/mol. The molecule has 0 saturated carbocycles. The van der Waals surface area contributed by atoms with E-state index in [1.54, 1.807) is 6.20 Å². The Balaban J connectivity index is 3.03. The fraction of sp³-hybridized carbons (Fsp3) is 0.375. The highest BCUT2D eigenvalue weighted by Gasteiger charge is 2.01. The lowest BCUT2D eigenvalue weighted by Crippen LogP contribution is -1.95. The van der Waals surface area contributed by atoms with Crippen molar-refractivity contribution in [2.75, 3.05) is 0 Å². The average Bonchev–Trinajstić information content (AvgIpc) is 2.05. The van der Waals surface area contributed by atoms with E-state index in [1.165, 1.54) is 6.20 Å². The van der Waals surface area contributed by atoms with E-state index >= 15 is 0 Å². The van der Waals surface area contributed by atoms with Gasteiger partial charge in [-0.2, -0.15) is 5.26 Å². The molecule has 1 aromatic rings. The molecule has 3 nitrogen and oxygen atoms in total. The van der Waals surface area contributed by atoms with Gasteiger partial charge in [-0.05, 0) is 5.92 Å². The zero-order chi connectivity index (χ0) is 8.27. The van der Waals surface area contributed by atoms with Gasteiger partial charge in [0.25, 0.3) is 0 Å². The van der Waals surface area contributed by atoms with Crippen LogP contribution in [-0.4, -0.2) is 9.97 Å². The molecule has 1 aromatic heterocycles. The Labute approximate surface area is 65.7 Å². The normalized spacial score (nSPS) is 9.64. The number of nitrogens with zero attached hydrogens (tertiary/aromatic N) is 3. The van der Waals surface area contributed by atoms with Crippen molar-refractivity contribution in [2.45, 2.75) is 19.8 Å². The van der Waals surface area contributed by atoms with Crippen molar-refractivity contribution in [1.82, 2.24) is 9.97 Å². The van der Waals surface area contributed by atoms with Gasteiger partial charge in [0.15, 0.2) is 5.69 Å². The molecule has 1 heterocycles. The van der Waals surface area contributed by atoms with Crippen molar-refractivity contribution in [3.05, 3.63) is 23.8 Å². The summed E-state index contributed by atoms with van der Waals surface area (Å²) in [6.45, 7) is 4.04. The Kier molecular flexibility index (Phi) is 2.17. The van der Waals surface area contributed by atoms with E-state index < -0.39 is 0 Å². The SMILES string of the molecule is CC(C)c1cncc(C#N)n1. The highest BCUT2D eigenvalue weighted by atomic mass is 14.8. The van der Waals surface area contributed by atoms with Gasteiger partial charge < -0.3 is 0 Å². The molecule has 0 saturated heterocycles. The van der Waals surface area contributed by atoms with E-state index in [0.29, 0.717) is 11.6 Å². The Hall–Kier alpha value is -1.43. The molecule has 1 rings (SSSR count).